The summed E-state index contributed by atoms with van der Waals surface area (Å²) in [7, 11) is 0. The zero-order valence-corrected chi connectivity index (χ0v) is 36.5. The minimum absolute atomic E-state index is 0.00355. The van der Waals surface area contributed by atoms with Crippen LogP contribution in [-0.2, 0) is 78.6 Å². The number of amides is 1. The summed E-state index contributed by atoms with van der Waals surface area (Å²) in [4.78, 5) is 15.7. The van der Waals surface area contributed by atoms with Gasteiger partial charge in [-0.2, -0.15) is 0 Å². The molecule has 2 heterocycles. The number of ether oxygens (including phenoxy) is 10. The summed E-state index contributed by atoms with van der Waals surface area (Å²) >= 11 is 0. The Labute approximate surface area is 379 Å². The highest BCUT2D eigenvalue weighted by atomic mass is 16.7. The van der Waals surface area contributed by atoms with Gasteiger partial charge in [0.25, 0.3) is 0 Å². The van der Waals surface area contributed by atoms with Crippen LogP contribution in [0.2, 0.25) is 0 Å². The molecule has 0 saturated carbocycles. The van der Waals surface area contributed by atoms with E-state index >= 15 is 0 Å². The molecule has 2 fully saturated rings. The Morgan fingerprint density at radius 3 is 1.68 bits per heavy atom. The summed E-state index contributed by atoms with van der Waals surface area (Å²) in [6.45, 7) is 2.67. The Morgan fingerprint density at radius 1 is 0.615 bits per heavy atom. The minimum Gasteiger partial charge on any atom is -0.394 e. The van der Waals surface area contributed by atoms with Crippen molar-refractivity contribution >= 4 is 5.91 Å². The van der Waals surface area contributed by atoms with E-state index in [1.165, 1.54) is 6.92 Å². The monoisotopic (exact) mass is 900 g/mol. The van der Waals surface area contributed by atoms with E-state index in [1.807, 2.05) is 121 Å². The van der Waals surface area contributed by atoms with Gasteiger partial charge in [0.2, 0.25) is 5.91 Å². The quantitative estimate of drug-likeness (QED) is 0.0312. The molecule has 1 amide bonds. The van der Waals surface area contributed by atoms with E-state index in [4.69, 9.17) is 52.9 Å². The van der Waals surface area contributed by atoms with Crippen LogP contribution in [0.3, 0.4) is 0 Å². The Hall–Kier alpha value is -4.82. The van der Waals surface area contributed by atoms with Crippen molar-refractivity contribution in [2.45, 2.75) is 94.7 Å². The van der Waals surface area contributed by atoms with Crippen molar-refractivity contribution in [3.05, 3.63) is 154 Å². The Bertz CT molecular complexity index is 1970. The average molecular weight is 901 g/mol. The summed E-state index contributed by atoms with van der Waals surface area (Å²) < 4.78 is 63.8. The smallest absolute Gasteiger partial charge is 0.217 e. The van der Waals surface area contributed by atoms with Crippen molar-refractivity contribution in [2.75, 3.05) is 52.8 Å². The summed E-state index contributed by atoms with van der Waals surface area (Å²) in [5, 5.41) is 28.7. The zero-order chi connectivity index (χ0) is 45.5. The number of azide groups is 1. The number of carbonyl (C=O) groups is 1. The van der Waals surface area contributed by atoms with E-state index in [-0.39, 0.29) is 78.5 Å². The molecule has 4 aromatic carbocycles. The largest absolute Gasteiger partial charge is 0.394 e. The number of carbonyl (C=O) groups excluding carboxylic acids is 1. The molecule has 6 rings (SSSR count). The molecule has 2 saturated heterocycles. The molecule has 0 unspecified atom stereocenters. The van der Waals surface area contributed by atoms with E-state index in [1.54, 1.807) is 0 Å². The van der Waals surface area contributed by atoms with Crippen molar-refractivity contribution < 1.29 is 62.4 Å². The molecule has 4 aromatic rings. The van der Waals surface area contributed by atoms with Crippen LogP contribution in [0, 0.1) is 0 Å². The van der Waals surface area contributed by atoms with Crippen LogP contribution in [0.5, 0.6) is 0 Å². The molecule has 0 aliphatic carbocycles. The number of nitrogens with zero attached hydrogens (tertiary/aromatic N) is 3. The van der Waals surface area contributed by atoms with E-state index in [9.17, 15) is 15.0 Å². The molecule has 17 heteroatoms. The van der Waals surface area contributed by atoms with Crippen molar-refractivity contribution in [3.8, 4) is 0 Å². The number of nitrogens with one attached hydrogen (secondary N) is 1. The maximum Gasteiger partial charge on any atom is 0.217 e. The molecule has 0 aromatic heterocycles. The molecular weight excluding hydrogens is 841 g/mol. The van der Waals surface area contributed by atoms with Gasteiger partial charge in [0.15, 0.2) is 12.6 Å². The minimum atomic E-state index is -1.34. The third kappa shape index (κ3) is 15.9. The maximum atomic E-state index is 13.0. The first-order valence-corrected chi connectivity index (χ1v) is 21.8. The highest BCUT2D eigenvalue weighted by molar-refractivity contribution is 5.73. The van der Waals surface area contributed by atoms with Crippen LogP contribution in [-0.4, -0.2) is 130 Å². The SMILES string of the molecule is CC(=O)N[C@H]1[C@H](OCc2ccccc2)O[C@H](COCc2ccccc2)[C@@H](O[C@@H]2O[C@H](CO)[C@@H](O)[C@H](OCCOCCOCCN=[N+]=[N-])[C@@H]2OCc2ccccc2)[C@@H]1OCc1ccccc1. The van der Waals surface area contributed by atoms with Crippen LogP contribution in [0.15, 0.2) is 126 Å². The van der Waals surface area contributed by atoms with E-state index in [0.717, 1.165) is 22.3 Å². The third-order valence-corrected chi connectivity index (χ3v) is 10.6. The van der Waals surface area contributed by atoms with Gasteiger partial charge in [-0.3, -0.25) is 4.79 Å². The normalized spacial score (nSPS) is 25.4. The molecule has 350 valence electrons. The van der Waals surface area contributed by atoms with Crippen LogP contribution >= 0.6 is 0 Å². The van der Waals surface area contributed by atoms with Gasteiger partial charge in [-0.05, 0) is 27.8 Å². The summed E-state index contributed by atoms with van der Waals surface area (Å²) in [5.41, 5.74) is 12.0. The van der Waals surface area contributed by atoms with E-state index in [2.05, 4.69) is 15.3 Å². The van der Waals surface area contributed by atoms with Crippen LogP contribution < -0.4 is 5.32 Å². The maximum absolute atomic E-state index is 13.0. The molecule has 0 spiro atoms. The lowest BCUT2D eigenvalue weighted by Gasteiger charge is -2.49. The molecule has 17 nitrogen and oxygen atoms in total. The van der Waals surface area contributed by atoms with Crippen molar-refractivity contribution in [2.24, 2.45) is 5.11 Å². The van der Waals surface area contributed by atoms with Gasteiger partial charge in [0.05, 0.1) is 72.7 Å². The fourth-order valence-corrected chi connectivity index (χ4v) is 7.47. The molecular formula is C48H60N4O13. The zero-order valence-electron chi connectivity index (χ0n) is 36.5. The summed E-state index contributed by atoms with van der Waals surface area (Å²) in [5.74, 6) is -0.352. The van der Waals surface area contributed by atoms with Crippen LogP contribution in [0.1, 0.15) is 29.2 Å². The van der Waals surface area contributed by atoms with Gasteiger partial charge >= 0.3 is 0 Å². The van der Waals surface area contributed by atoms with Crippen molar-refractivity contribution in [1.82, 2.24) is 5.32 Å². The number of rotatable bonds is 27. The predicted octanol–water partition coefficient (Wildman–Crippen LogP) is 5.01. The number of aliphatic hydroxyl groups is 2. The molecule has 10 atom stereocenters. The molecule has 0 bridgehead atoms. The number of hydrogen-bond donors (Lipinski definition) is 3. The molecule has 3 N–H and O–H groups in total. The second kappa shape index (κ2) is 27.6. The molecule has 65 heavy (non-hydrogen) atoms. The highest BCUT2D eigenvalue weighted by Crippen LogP contribution is 2.34. The van der Waals surface area contributed by atoms with Gasteiger partial charge in [-0.1, -0.05) is 126 Å². The topological polar surface area (TPSA) is 211 Å². The standard InChI is InChI=1S/C48H60N4O13/c1-34(54)51-41-44(60-30-36-16-8-3-9-17-36)43(40(33-58-29-35-14-6-2-7-15-35)64-47(41)62-32-38-20-12-5-13-21-38)65-48-46(61-31-37-18-10-4-11-19-37)45(42(55)39(28-53)63-48)59-27-26-57-25-24-56-23-22-50-52-49/h2-21,39-48,53,55H,22-33H2,1H3,(H,51,54)/t39-,40-,41-,42-,43-,44-,45+,46+,47-,48+/m1/s1. The average Bonchev–Trinajstić information content (AvgIpc) is 3.33. The second-order valence-corrected chi connectivity index (χ2v) is 15.4. The first-order chi connectivity index (χ1) is 31.9. The van der Waals surface area contributed by atoms with Crippen LogP contribution in [0.4, 0.5) is 0 Å². The molecule has 2 aliphatic rings. The lowest BCUT2D eigenvalue weighted by Crippen LogP contribution is -2.68. The van der Waals surface area contributed by atoms with Gasteiger partial charge in [-0.15, -0.1) is 0 Å². The third-order valence-electron chi connectivity index (χ3n) is 10.6. The van der Waals surface area contributed by atoms with Crippen molar-refractivity contribution in [1.29, 1.82) is 0 Å². The Kier molecular flexibility index (Phi) is 21.1. The van der Waals surface area contributed by atoms with E-state index in [0.29, 0.717) is 0 Å². The summed E-state index contributed by atoms with van der Waals surface area (Å²) in [6, 6.07) is 37.5. The number of benzene rings is 4. The van der Waals surface area contributed by atoms with Gasteiger partial charge in [0, 0.05) is 18.4 Å². The predicted molar refractivity (Wildman–Crippen MR) is 236 cm³/mol. The lowest BCUT2D eigenvalue weighted by molar-refractivity contribution is -0.361. The molecule has 0 radical (unpaired) electrons. The number of hydrogen-bond acceptors (Lipinski definition) is 14. The highest BCUT2D eigenvalue weighted by Gasteiger charge is 2.53. The number of aliphatic hydroxyl groups excluding tert-OH is 2. The first-order valence-electron chi connectivity index (χ1n) is 21.8. The lowest BCUT2D eigenvalue weighted by atomic mass is 9.94. The fourth-order valence-electron chi connectivity index (χ4n) is 7.47. The summed E-state index contributed by atoms with van der Waals surface area (Å²) in [6.07, 6.45) is -9.83. The second-order valence-electron chi connectivity index (χ2n) is 15.4. The van der Waals surface area contributed by atoms with Crippen LogP contribution in [0.25, 0.3) is 10.4 Å². The Balaban J connectivity index is 1.30. The fraction of sp³-hybridized carbons (Fsp3) is 0.479. The van der Waals surface area contributed by atoms with Gasteiger partial charge < -0.3 is 62.9 Å². The Morgan fingerprint density at radius 2 is 1.12 bits per heavy atom. The van der Waals surface area contributed by atoms with Gasteiger partial charge in [-0.25, -0.2) is 0 Å². The molecule has 2 aliphatic heterocycles. The van der Waals surface area contributed by atoms with E-state index < -0.39 is 68.0 Å². The van der Waals surface area contributed by atoms with Crippen molar-refractivity contribution in [3.63, 3.8) is 0 Å². The first kappa shape index (κ1) is 49.6. The van der Waals surface area contributed by atoms with Gasteiger partial charge in [0.1, 0.15) is 48.8 Å².